The molecule has 0 saturated heterocycles. The normalized spacial score (nSPS) is 11.4. The summed E-state index contributed by atoms with van der Waals surface area (Å²) < 4.78 is 17.8. The van der Waals surface area contributed by atoms with Gasteiger partial charge in [-0.05, 0) is 31.0 Å². The zero-order valence-electron chi connectivity index (χ0n) is 11.6. The smallest absolute Gasteiger partial charge is 0.191 e. The molecule has 0 atom stereocenters. The molecule has 0 fully saturated rings. The SMILES string of the molecule is CCNC(=NCc1ccc(F)cc1)NCCCOC. The highest BCUT2D eigenvalue weighted by molar-refractivity contribution is 5.79. The minimum atomic E-state index is -0.225. The van der Waals surface area contributed by atoms with Gasteiger partial charge in [-0.15, -0.1) is 0 Å². The first-order valence-corrected chi connectivity index (χ1v) is 6.51. The van der Waals surface area contributed by atoms with Gasteiger partial charge in [0.15, 0.2) is 5.96 Å². The number of methoxy groups -OCH3 is 1. The van der Waals surface area contributed by atoms with Gasteiger partial charge in [0.05, 0.1) is 6.54 Å². The average Bonchev–Trinajstić information content (AvgIpc) is 2.42. The van der Waals surface area contributed by atoms with Gasteiger partial charge in [0.25, 0.3) is 0 Å². The molecule has 0 unspecified atom stereocenters. The molecule has 0 bridgehead atoms. The molecule has 0 radical (unpaired) electrons. The molecule has 0 aliphatic carbocycles. The molecule has 0 aliphatic rings. The zero-order valence-corrected chi connectivity index (χ0v) is 11.6. The van der Waals surface area contributed by atoms with Crippen LogP contribution in [0.4, 0.5) is 4.39 Å². The van der Waals surface area contributed by atoms with Crippen LogP contribution in [0.2, 0.25) is 0 Å². The Kier molecular flexibility index (Phi) is 7.58. The Bertz CT molecular complexity index is 379. The molecule has 1 aromatic rings. The first-order chi connectivity index (χ1) is 9.26. The van der Waals surface area contributed by atoms with Gasteiger partial charge in [0.2, 0.25) is 0 Å². The van der Waals surface area contributed by atoms with Crippen molar-refractivity contribution in [1.29, 1.82) is 0 Å². The van der Waals surface area contributed by atoms with E-state index in [0.717, 1.165) is 37.6 Å². The maximum absolute atomic E-state index is 12.8. The summed E-state index contributed by atoms with van der Waals surface area (Å²) in [5.74, 6) is 0.542. The van der Waals surface area contributed by atoms with Crippen LogP contribution >= 0.6 is 0 Å². The van der Waals surface area contributed by atoms with Crippen LogP contribution in [0.1, 0.15) is 18.9 Å². The second kappa shape index (κ2) is 9.33. The fraction of sp³-hybridized carbons (Fsp3) is 0.500. The molecule has 0 aromatic heterocycles. The summed E-state index contributed by atoms with van der Waals surface area (Å²) in [6.07, 6.45) is 0.928. The maximum atomic E-state index is 12.8. The molecule has 0 aliphatic heterocycles. The highest BCUT2D eigenvalue weighted by Gasteiger charge is 1.97. The van der Waals surface area contributed by atoms with Crippen LogP contribution in [-0.4, -0.2) is 32.8 Å². The van der Waals surface area contributed by atoms with Crippen molar-refractivity contribution >= 4 is 5.96 Å². The number of ether oxygens (including phenoxy) is 1. The van der Waals surface area contributed by atoms with Crippen molar-refractivity contribution in [3.05, 3.63) is 35.6 Å². The van der Waals surface area contributed by atoms with E-state index in [1.54, 1.807) is 19.2 Å². The number of aliphatic imine (C=N–C) groups is 1. The first kappa shape index (κ1) is 15.4. The van der Waals surface area contributed by atoms with Crippen molar-refractivity contribution in [2.75, 3.05) is 26.8 Å². The summed E-state index contributed by atoms with van der Waals surface area (Å²) in [6, 6.07) is 6.38. The van der Waals surface area contributed by atoms with E-state index in [-0.39, 0.29) is 5.82 Å². The quantitative estimate of drug-likeness (QED) is 0.451. The van der Waals surface area contributed by atoms with Crippen molar-refractivity contribution in [3.8, 4) is 0 Å². The van der Waals surface area contributed by atoms with E-state index in [1.165, 1.54) is 12.1 Å². The lowest BCUT2D eigenvalue weighted by Crippen LogP contribution is -2.38. The first-order valence-electron chi connectivity index (χ1n) is 6.51. The van der Waals surface area contributed by atoms with Crippen LogP contribution in [0.3, 0.4) is 0 Å². The number of hydrogen-bond acceptors (Lipinski definition) is 2. The fourth-order valence-electron chi connectivity index (χ4n) is 1.53. The second-order valence-electron chi connectivity index (χ2n) is 4.09. The fourth-order valence-corrected chi connectivity index (χ4v) is 1.53. The third-order valence-electron chi connectivity index (χ3n) is 2.49. The summed E-state index contributed by atoms with van der Waals surface area (Å²) in [5.41, 5.74) is 0.982. The lowest BCUT2D eigenvalue weighted by Gasteiger charge is -2.11. The monoisotopic (exact) mass is 267 g/mol. The van der Waals surface area contributed by atoms with Crippen molar-refractivity contribution in [3.63, 3.8) is 0 Å². The van der Waals surface area contributed by atoms with E-state index in [1.807, 2.05) is 6.92 Å². The third-order valence-corrected chi connectivity index (χ3v) is 2.49. The summed E-state index contributed by atoms with van der Waals surface area (Å²) in [7, 11) is 1.69. The van der Waals surface area contributed by atoms with Crippen LogP contribution in [0.25, 0.3) is 0 Å². The Labute approximate surface area is 114 Å². The molecular formula is C14H22FN3O. The van der Waals surface area contributed by atoms with Gasteiger partial charge in [0, 0.05) is 26.8 Å². The Balaban J connectivity index is 2.45. The standard InChI is InChI=1S/C14H22FN3O/c1-3-16-14(17-9-4-10-19-2)18-11-12-5-7-13(15)8-6-12/h5-8H,3-4,9-11H2,1-2H3,(H2,16,17,18). The average molecular weight is 267 g/mol. The van der Waals surface area contributed by atoms with E-state index in [9.17, 15) is 4.39 Å². The van der Waals surface area contributed by atoms with E-state index in [4.69, 9.17) is 4.74 Å². The molecule has 1 aromatic carbocycles. The van der Waals surface area contributed by atoms with Crippen molar-refractivity contribution in [2.45, 2.75) is 19.9 Å². The number of benzene rings is 1. The Morgan fingerprint density at radius 3 is 2.63 bits per heavy atom. The number of rotatable bonds is 7. The van der Waals surface area contributed by atoms with Gasteiger partial charge in [0.1, 0.15) is 5.82 Å². The van der Waals surface area contributed by atoms with E-state index in [0.29, 0.717) is 6.54 Å². The second-order valence-corrected chi connectivity index (χ2v) is 4.09. The summed E-state index contributed by atoms with van der Waals surface area (Å²) in [6.45, 7) is 4.89. The number of nitrogens with zero attached hydrogens (tertiary/aromatic N) is 1. The molecule has 0 saturated carbocycles. The van der Waals surface area contributed by atoms with E-state index in [2.05, 4.69) is 15.6 Å². The highest BCUT2D eigenvalue weighted by atomic mass is 19.1. The molecule has 0 spiro atoms. The minimum absolute atomic E-state index is 0.225. The van der Waals surface area contributed by atoms with Crippen LogP contribution in [0, 0.1) is 5.82 Å². The van der Waals surface area contributed by atoms with Crippen LogP contribution in [0.15, 0.2) is 29.3 Å². The molecule has 0 amide bonds. The van der Waals surface area contributed by atoms with Gasteiger partial charge in [-0.3, -0.25) is 0 Å². The molecule has 5 heteroatoms. The van der Waals surface area contributed by atoms with E-state index >= 15 is 0 Å². The Morgan fingerprint density at radius 1 is 1.26 bits per heavy atom. The third kappa shape index (κ3) is 6.76. The van der Waals surface area contributed by atoms with Gasteiger partial charge < -0.3 is 15.4 Å². The molecular weight excluding hydrogens is 245 g/mol. The lowest BCUT2D eigenvalue weighted by molar-refractivity contribution is 0.195. The maximum Gasteiger partial charge on any atom is 0.191 e. The molecule has 0 heterocycles. The summed E-state index contributed by atoms with van der Waals surface area (Å²) in [4.78, 5) is 4.44. The van der Waals surface area contributed by atoms with Crippen LogP contribution < -0.4 is 10.6 Å². The zero-order chi connectivity index (χ0) is 13.9. The molecule has 4 nitrogen and oxygen atoms in total. The topological polar surface area (TPSA) is 45.7 Å². The van der Waals surface area contributed by atoms with Gasteiger partial charge in [-0.2, -0.15) is 0 Å². The predicted molar refractivity (Wildman–Crippen MR) is 75.7 cm³/mol. The number of halogens is 1. The van der Waals surface area contributed by atoms with Crippen LogP contribution in [-0.2, 0) is 11.3 Å². The minimum Gasteiger partial charge on any atom is -0.385 e. The largest absolute Gasteiger partial charge is 0.385 e. The lowest BCUT2D eigenvalue weighted by atomic mass is 10.2. The molecule has 19 heavy (non-hydrogen) atoms. The highest BCUT2D eigenvalue weighted by Crippen LogP contribution is 2.03. The van der Waals surface area contributed by atoms with Crippen LogP contribution in [0.5, 0.6) is 0 Å². The predicted octanol–water partition coefficient (Wildman–Crippen LogP) is 1.92. The molecule has 2 N–H and O–H groups in total. The van der Waals surface area contributed by atoms with Crippen molar-refractivity contribution in [1.82, 2.24) is 10.6 Å². The number of nitrogens with one attached hydrogen (secondary N) is 2. The van der Waals surface area contributed by atoms with Crippen molar-refractivity contribution < 1.29 is 9.13 Å². The van der Waals surface area contributed by atoms with E-state index < -0.39 is 0 Å². The number of guanidine groups is 1. The van der Waals surface area contributed by atoms with Gasteiger partial charge in [-0.1, -0.05) is 12.1 Å². The van der Waals surface area contributed by atoms with Crippen molar-refractivity contribution in [2.24, 2.45) is 4.99 Å². The Hall–Kier alpha value is -1.62. The molecule has 1 rings (SSSR count). The summed E-state index contributed by atoms with van der Waals surface area (Å²) >= 11 is 0. The van der Waals surface area contributed by atoms with Gasteiger partial charge >= 0.3 is 0 Å². The van der Waals surface area contributed by atoms with Gasteiger partial charge in [-0.25, -0.2) is 9.38 Å². The summed E-state index contributed by atoms with van der Waals surface area (Å²) in [5, 5.41) is 6.39. The molecule has 106 valence electrons. The Morgan fingerprint density at radius 2 is 2.00 bits per heavy atom. The number of hydrogen-bond donors (Lipinski definition) is 2.